The van der Waals surface area contributed by atoms with Gasteiger partial charge in [-0.1, -0.05) is 54.6 Å². The van der Waals surface area contributed by atoms with Crippen molar-refractivity contribution in [2.24, 2.45) is 0 Å². The second kappa shape index (κ2) is 8.00. The van der Waals surface area contributed by atoms with Crippen LogP contribution in [-0.2, 0) is 0 Å². The summed E-state index contributed by atoms with van der Waals surface area (Å²) in [4.78, 5) is 18.5. The molecule has 4 aromatic carbocycles. The Kier molecular flexibility index (Phi) is 5.03. The molecule has 1 aromatic heterocycles. The fraction of sp³-hybridized carbons (Fsp3) is 0. The Bertz CT molecular complexity index is 1530. The van der Waals surface area contributed by atoms with E-state index in [1.165, 1.54) is 0 Å². The van der Waals surface area contributed by atoms with Gasteiger partial charge < -0.3 is 5.11 Å². The first-order valence-corrected chi connectivity index (χ1v) is 10.9. The van der Waals surface area contributed by atoms with Gasteiger partial charge in [-0.3, -0.25) is 9.36 Å². The van der Waals surface area contributed by atoms with Gasteiger partial charge in [-0.25, -0.2) is 4.98 Å². The lowest BCUT2D eigenvalue weighted by molar-refractivity contribution is 0.474. The predicted molar refractivity (Wildman–Crippen MR) is 135 cm³/mol. The van der Waals surface area contributed by atoms with E-state index in [4.69, 9.17) is 4.98 Å². The van der Waals surface area contributed by atoms with E-state index in [0.29, 0.717) is 22.3 Å². The Balaban J connectivity index is 1.83. The van der Waals surface area contributed by atoms with E-state index < -0.39 is 0 Å². The minimum Gasteiger partial charge on any atom is -0.507 e. The van der Waals surface area contributed by atoms with Gasteiger partial charge in [0.15, 0.2) is 0 Å². The van der Waals surface area contributed by atoms with Crippen molar-refractivity contribution in [3.63, 3.8) is 0 Å². The largest absolute Gasteiger partial charge is 0.507 e. The Morgan fingerprint density at radius 2 is 1.61 bits per heavy atom. The van der Waals surface area contributed by atoms with Crippen LogP contribution < -0.4 is 5.56 Å². The average Bonchev–Trinajstić information content (AvgIpc) is 2.79. The number of benzene rings is 4. The first kappa shape index (κ1) is 19.5. The zero-order valence-electron chi connectivity index (χ0n) is 16.4. The summed E-state index contributed by atoms with van der Waals surface area (Å²) in [6, 6.07) is 26.6. The standard InChI is InChI=1S/C26H17IN2O2/c27-19-13-14-22-21(16-19)26(31)29(23-10-5-8-17-6-1-3-9-20(17)23)25(28-22)15-12-18-7-2-4-11-24(18)30/h1-16,30H/b15-12+. The van der Waals surface area contributed by atoms with Crippen molar-refractivity contribution in [2.75, 3.05) is 0 Å². The van der Waals surface area contributed by atoms with Crippen LogP contribution in [0.1, 0.15) is 11.4 Å². The van der Waals surface area contributed by atoms with Crippen molar-refractivity contribution in [1.82, 2.24) is 9.55 Å². The van der Waals surface area contributed by atoms with Gasteiger partial charge in [0.05, 0.1) is 16.6 Å². The topological polar surface area (TPSA) is 55.1 Å². The molecule has 0 aliphatic heterocycles. The van der Waals surface area contributed by atoms with Crippen molar-refractivity contribution < 1.29 is 5.11 Å². The average molecular weight is 516 g/mol. The van der Waals surface area contributed by atoms with E-state index in [0.717, 1.165) is 20.0 Å². The van der Waals surface area contributed by atoms with Gasteiger partial charge in [-0.2, -0.15) is 0 Å². The van der Waals surface area contributed by atoms with Crippen LogP contribution in [-0.4, -0.2) is 14.7 Å². The molecule has 0 saturated carbocycles. The molecule has 5 aromatic rings. The first-order valence-electron chi connectivity index (χ1n) is 9.78. The van der Waals surface area contributed by atoms with Crippen LogP contribution in [0, 0.1) is 3.57 Å². The number of aromatic hydroxyl groups is 1. The van der Waals surface area contributed by atoms with Crippen molar-refractivity contribution in [3.8, 4) is 11.4 Å². The van der Waals surface area contributed by atoms with Crippen LogP contribution >= 0.6 is 22.6 Å². The lowest BCUT2D eigenvalue weighted by atomic mass is 10.1. The Morgan fingerprint density at radius 3 is 2.48 bits per heavy atom. The molecule has 0 aliphatic rings. The SMILES string of the molecule is O=c1c2cc(I)ccc2nc(/C=C/c2ccccc2O)n1-c1cccc2ccccc12. The molecular formula is C26H17IN2O2. The third kappa shape index (κ3) is 3.61. The molecule has 0 atom stereocenters. The van der Waals surface area contributed by atoms with Gasteiger partial charge in [0.1, 0.15) is 11.6 Å². The van der Waals surface area contributed by atoms with Gasteiger partial charge in [0.25, 0.3) is 5.56 Å². The summed E-state index contributed by atoms with van der Waals surface area (Å²) in [7, 11) is 0. The van der Waals surface area contributed by atoms with E-state index in [-0.39, 0.29) is 11.3 Å². The van der Waals surface area contributed by atoms with E-state index in [9.17, 15) is 9.90 Å². The molecule has 0 aliphatic carbocycles. The summed E-state index contributed by atoms with van der Waals surface area (Å²) in [6.07, 6.45) is 3.55. The number of phenolic OH excluding ortho intramolecular Hbond substituents is 1. The highest BCUT2D eigenvalue weighted by Gasteiger charge is 2.14. The minimum atomic E-state index is -0.128. The van der Waals surface area contributed by atoms with Crippen LogP contribution in [0.2, 0.25) is 0 Å². The van der Waals surface area contributed by atoms with Crippen LogP contribution in [0.3, 0.4) is 0 Å². The molecule has 1 heterocycles. The third-order valence-electron chi connectivity index (χ3n) is 5.21. The van der Waals surface area contributed by atoms with E-state index >= 15 is 0 Å². The van der Waals surface area contributed by atoms with Gasteiger partial charge in [0, 0.05) is 14.5 Å². The second-order valence-electron chi connectivity index (χ2n) is 7.16. The smallest absolute Gasteiger partial charge is 0.266 e. The monoisotopic (exact) mass is 516 g/mol. The number of rotatable bonds is 3. The van der Waals surface area contributed by atoms with Crippen molar-refractivity contribution >= 4 is 56.4 Å². The number of phenols is 1. The van der Waals surface area contributed by atoms with Crippen LogP contribution in [0.4, 0.5) is 0 Å². The summed E-state index contributed by atoms with van der Waals surface area (Å²) in [5.41, 5.74) is 1.94. The highest BCUT2D eigenvalue weighted by molar-refractivity contribution is 14.1. The number of hydrogen-bond acceptors (Lipinski definition) is 3. The summed E-state index contributed by atoms with van der Waals surface area (Å²) in [5, 5.41) is 12.7. The lowest BCUT2D eigenvalue weighted by Crippen LogP contribution is -2.22. The zero-order valence-corrected chi connectivity index (χ0v) is 18.5. The first-order chi connectivity index (χ1) is 15.1. The molecule has 31 heavy (non-hydrogen) atoms. The number of halogens is 1. The number of hydrogen-bond donors (Lipinski definition) is 1. The molecule has 0 unspecified atom stereocenters. The fourth-order valence-corrected chi connectivity index (χ4v) is 4.21. The molecule has 4 nitrogen and oxygen atoms in total. The summed E-state index contributed by atoms with van der Waals surface area (Å²) in [5.74, 6) is 0.673. The van der Waals surface area contributed by atoms with E-state index in [2.05, 4.69) is 22.6 Å². The van der Waals surface area contributed by atoms with Crippen molar-refractivity contribution in [3.05, 3.63) is 110 Å². The highest BCUT2D eigenvalue weighted by Crippen LogP contribution is 2.25. The molecule has 0 spiro atoms. The molecule has 1 N–H and O–H groups in total. The van der Waals surface area contributed by atoms with E-state index in [1.54, 1.807) is 28.9 Å². The molecule has 5 heteroatoms. The molecule has 150 valence electrons. The zero-order chi connectivity index (χ0) is 21.4. The summed E-state index contributed by atoms with van der Waals surface area (Å²) < 4.78 is 2.63. The molecule has 0 amide bonds. The Hall–Kier alpha value is -3.45. The molecule has 0 radical (unpaired) electrons. The number of para-hydroxylation sites is 1. The quantitative estimate of drug-likeness (QED) is 0.299. The van der Waals surface area contributed by atoms with Gasteiger partial charge in [-0.05, 0) is 70.5 Å². The van der Waals surface area contributed by atoms with Crippen LogP contribution in [0.25, 0.3) is 39.5 Å². The maximum absolute atomic E-state index is 13.7. The predicted octanol–water partition coefficient (Wildman–Crippen LogP) is 6.02. The molecule has 5 rings (SSSR count). The minimum absolute atomic E-state index is 0.128. The lowest BCUT2D eigenvalue weighted by Gasteiger charge is -2.14. The summed E-state index contributed by atoms with van der Waals surface area (Å²) in [6.45, 7) is 0. The van der Waals surface area contributed by atoms with Crippen molar-refractivity contribution in [1.29, 1.82) is 0 Å². The van der Waals surface area contributed by atoms with Gasteiger partial charge >= 0.3 is 0 Å². The molecular weight excluding hydrogens is 499 g/mol. The maximum atomic E-state index is 13.7. The maximum Gasteiger partial charge on any atom is 0.266 e. The van der Waals surface area contributed by atoms with E-state index in [1.807, 2.05) is 72.8 Å². The summed E-state index contributed by atoms with van der Waals surface area (Å²) >= 11 is 2.20. The van der Waals surface area contributed by atoms with Gasteiger partial charge in [0.2, 0.25) is 0 Å². The number of nitrogens with zero attached hydrogens (tertiary/aromatic N) is 2. The molecule has 0 saturated heterocycles. The Labute approximate surface area is 192 Å². The number of aromatic nitrogens is 2. The van der Waals surface area contributed by atoms with Crippen molar-refractivity contribution in [2.45, 2.75) is 0 Å². The molecule has 0 bridgehead atoms. The molecule has 0 fully saturated rings. The van der Waals surface area contributed by atoms with Crippen LogP contribution in [0.5, 0.6) is 5.75 Å². The Morgan fingerprint density at radius 1 is 0.839 bits per heavy atom. The van der Waals surface area contributed by atoms with Gasteiger partial charge in [-0.15, -0.1) is 0 Å². The normalized spacial score (nSPS) is 11.5. The third-order valence-corrected chi connectivity index (χ3v) is 5.88. The second-order valence-corrected chi connectivity index (χ2v) is 8.41. The highest BCUT2D eigenvalue weighted by atomic mass is 127. The number of fused-ring (bicyclic) bond motifs is 2. The fourth-order valence-electron chi connectivity index (χ4n) is 3.72. The van der Waals surface area contributed by atoms with Crippen LogP contribution in [0.15, 0.2) is 89.7 Å².